The van der Waals surface area contributed by atoms with Gasteiger partial charge in [-0.3, -0.25) is 14.6 Å². The molecular weight excluding hydrogens is 362 g/mol. The summed E-state index contributed by atoms with van der Waals surface area (Å²) >= 11 is 1.56. The van der Waals surface area contributed by atoms with E-state index >= 15 is 0 Å². The Bertz CT molecular complexity index is 970. The van der Waals surface area contributed by atoms with E-state index in [1.165, 1.54) is 10.7 Å². The molecule has 0 saturated heterocycles. The minimum Gasteiger partial charge on any atom is -0.310 e. The SMILES string of the molecule is CCc1cc(=O)[nH]c(-n2nc(-c3cccs3)cc2NC(=O)C(CC)CC)n1. The van der Waals surface area contributed by atoms with Crippen LogP contribution in [-0.2, 0) is 11.2 Å². The molecule has 7 nitrogen and oxygen atoms in total. The Morgan fingerprint density at radius 2 is 2.07 bits per heavy atom. The van der Waals surface area contributed by atoms with Crippen LogP contribution in [0.4, 0.5) is 5.82 Å². The molecule has 0 radical (unpaired) electrons. The van der Waals surface area contributed by atoms with E-state index in [0.29, 0.717) is 23.9 Å². The zero-order valence-electron chi connectivity index (χ0n) is 15.7. The minimum absolute atomic E-state index is 0.0622. The number of anilines is 1. The number of rotatable bonds is 7. The van der Waals surface area contributed by atoms with Crippen molar-refractivity contribution in [2.24, 2.45) is 5.92 Å². The Morgan fingerprint density at radius 1 is 1.30 bits per heavy atom. The van der Waals surface area contributed by atoms with Crippen molar-refractivity contribution >= 4 is 23.1 Å². The van der Waals surface area contributed by atoms with Gasteiger partial charge in [0.05, 0.1) is 4.88 Å². The van der Waals surface area contributed by atoms with Gasteiger partial charge in [0.15, 0.2) is 0 Å². The quantitative estimate of drug-likeness (QED) is 0.650. The summed E-state index contributed by atoms with van der Waals surface area (Å²) in [6.07, 6.45) is 2.15. The maximum absolute atomic E-state index is 12.6. The van der Waals surface area contributed by atoms with Crippen LogP contribution in [-0.4, -0.2) is 25.7 Å². The van der Waals surface area contributed by atoms with E-state index in [1.54, 1.807) is 11.3 Å². The highest BCUT2D eigenvalue weighted by molar-refractivity contribution is 7.13. The monoisotopic (exact) mass is 385 g/mol. The molecule has 3 rings (SSSR count). The number of nitrogens with one attached hydrogen (secondary N) is 2. The highest BCUT2D eigenvalue weighted by Crippen LogP contribution is 2.27. The predicted octanol–water partition coefficient (Wildman–Crippen LogP) is 3.62. The van der Waals surface area contributed by atoms with Gasteiger partial charge in [-0.05, 0) is 30.7 Å². The molecule has 0 aliphatic heterocycles. The van der Waals surface area contributed by atoms with Crippen LogP contribution in [0.5, 0.6) is 0 Å². The van der Waals surface area contributed by atoms with Crippen molar-refractivity contribution in [1.82, 2.24) is 19.7 Å². The average Bonchev–Trinajstić information content (AvgIpc) is 3.32. The van der Waals surface area contributed by atoms with Crippen molar-refractivity contribution in [3.8, 4) is 16.5 Å². The van der Waals surface area contributed by atoms with Crippen molar-refractivity contribution in [1.29, 1.82) is 0 Å². The molecule has 8 heteroatoms. The van der Waals surface area contributed by atoms with E-state index < -0.39 is 0 Å². The Kier molecular flexibility index (Phi) is 5.85. The topological polar surface area (TPSA) is 92.7 Å². The lowest BCUT2D eigenvalue weighted by atomic mass is 10.0. The summed E-state index contributed by atoms with van der Waals surface area (Å²) < 4.78 is 1.50. The van der Waals surface area contributed by atoms with Gasteiger partial charge < -0.3 is 5.32 Å². The van der Waals surface area contributed by atoms with E-state index in [-0.39, 0.29) is 17.4 Å². The van der Waals surface area contributed by atoms with Crippen LogP contribution in [0.2, 0.25) is 0 Å². The standard InChI is InChI=1S/C19H23N5O2S/c1-4-12(5-2)18(26)21-16-11-14(15-8-7-9-27-15)23-24(16)19-20-13(6-3)10-17(25)22-19/h7-12H,4-6H2,1-3H3,(H,21,26)(H,20,22,25). The summed E-state index contributed by atoms with van der Waals surface area (Å²) in [4.78, 5) is 32.7. The first-order valence-corrected chi connectivity index (χ1v) is 9.99. The average molecular weight is 385 g/mol. The number of hydrogen-bond donors (Lipinski definition) is 2. The zero-order valence-corrected chi connectivity index (χ0v) is 16.5. The molecule has 0 atom stereocenters. The Hall–Kier alpha value is -2.74. The van der Waals surface area contributed by atoms with Gasteiger partial charge in [0, 0.05) is 23.7 Å². The van der Waals surface area contributed by atoms with E-state index in [0.717, 1.165) is 23.4 Å². The number of hydrogen-bond acceptors (Lipinski definition) is 5. The van der Waals surface area contributed by atoms with E-state index in [4.69, 9.17) is 0 Å². The second kappa shape index (κ2) is 8.30. The number of carbonyl (C=O) groups excluding carboxylic acids is 1. The Labute approximate surface area is 161 Å². The van der Waals surface area contributed by atoms with Crippen molar-refractivity contribution < 1.29 is 4.79 Å². The number of aromatic nitrogens is 4. The van der Waals surface area contributed by atoms with Gasteiger partial charge in [-0.1, -0.05) is 26.8 Å². The van der Waals surface area contributed by atoms with Crippen LogP contribution >= 0.6 is 11.3 Å². The molecule has 3 aromatic heterocycles. The van der Waals surface area contributed by atoms with Crippen molar-refractivity contribution in [3.63, 3.8) is 0 Å². The first kappa shape index (κ1) is 19.0. The second-order valence-electron chi connectivity index (χ2n) is 6.22. The van der Waals surface area contributed by atoms with Crippen molar-refractivity contribution in [2.45, 2.75) is 40.0 Å². The molecule has 3 aromatic rings. The fourth-order valence-electron chi connectivity index (χ4n) is 2.84. The molecule has 2 N–H and O–H groups in total. The molecule has 142 valence electrons. The highest BCUT2D eigenvalue weighted by atomic mass is 32.1. The van der Waals surface area contributed by atoms with Gasteiger partial charge >= 0.3 is 0 Å². The first-order valence-electron chi connectivity index (χ1n) is 9.11. The molecule has 0 spiro atoms. The summed E-state index contributed by atoms with van der Waals surface area (Å²) in [5.74, 6) is 0.647. The first-order chi connectivity index (χ1) is 13.0. The normalized spacial score (nSPS) is 11.1. The number of aromatic amines is 1. The molecule has 0 bridgehead atoms. The molecule has 0 aliphatic carbocycles. The van der Waals surface area contributed by atoms with Crippen LogP contribution in [0.25, 0.3) is 16.5 Å². The van der Waals surface area contributed by atoms with Crippen LogP contribution in [0.3, 0.4) is 0 Å². The zero-order chi connectivity index (χ0) is 19.4. The molecule has 0 unspecified atom stereocenters. The fraction of sp³-hybridized carbons (Fsp3) is 0.368. The summed E-state index contributed by atoms with van der Waals surface area (Å²) in [5.41, 5.74) is 1.14. The smallest absolute Gasteiger partial charge is 0.252 e. The second-order valence-corrected chi connectivity index (χ2v) is 7.17. The van der Waals surface area contributed by atoms with E-state index in [1.807, 2.05) is 44.4 Å². The van der Waals surface area contributed by atoms with E-state index in [2.05, 4.69) is 20.4 Å². The maximum atomic E-state index is 12.6. The van der Waals surface area contributed by atoms with Crippen LogP contribution in [0, 0.1) is 5.92 Å². The highest BCUT2D eigenvalue weighted by Gasteiger charge is 2.20. The Morgan fingerprint density at radius 3 is 2.70 bits per heavy atom. The number of amides is 1. The van der Waals surface area contributed by atoms with Crippen LogP contribution < -0.4 is 10.9 Å². The Balaban J connectivity index is 2.07. The number of nitrogens with zero attached hydrogens (tertiary/aromatic N) is 3. The summed E-state index contributed by atoms with van der Waals surface area (Å²) in [5, 5.41) is 9.50. The number of thiophene rings is 1. The predicted molar refractivity (Wildman–Crippen MR) is 107 cm³/mol. The van der Waals surface area contributed by atoms with Gasteiger partial charge in [-0.2, -0.15) is 9.78 Å². The fourth-order valence-corrected chi connectivity index (χ4v) is 3.52. The molecular formula is C19H23N5O2S. The molecule has 3 heterocycles. The minimum atomic E-state index is -0.248. The van der Waals surface area contributed by atoms with Gasteiger partial charge in [0.2, 0.25) is 11.9 Å². The van der Waals surface area contributed by atoms with Crippen LogP contribution in [0.15, 0.2) is 34.4 Å². The van der Waals surface area contributed by atoms with E-state index in [9.17, 15) is 9.59 Å². The van der Waals surface area contributed by atoms with Gasteiger partial charge in [-0.15, -0.1) is 11.3 Å². The molecule has 0 aliphatic rings. The summed E-state index contributed by atoms with van der Waals surface area (Å²) in [6, 6.07) is 7.18. The van der Waals surface area contributed by atoms with Crippen molar-refractivity contribution in [2.75, 3.05) is 5.32 Å². The molecule has 27 heavy (non-hydrogen) atoms. The number of carbonyl (C=O) groups is 1. The summed E-state index contributed by atoms with van der Waals surface area (Å²) in [7, 11) is 0. The lowest BCUT2D eigenvalue weighted by molar-refractivity contribution is -0.120. The van der Waals surface area contributed by atoms with Crippen molar-refractivity contribution in [3.05, 3.63) is 45.7 Å². The molecule has 0 saturated carbocycles. The third-order valence-electron chi connectivity index (χ3n) is 4.44. The third kappa shape index (κ3) is 4.16. The maximum Gasteiger partial charge on any atom is 0.252 e. The summed E-state index contributed by atoms with van der Waals surface area (Å²) in [6.45, 7) is 5.92. The lowest BCUT2D eigenvalue weighted by Crippen LogP contribution is -2.24. The third-order valence-corrected chi connectivity index (χ3v) is 5.33. The van der Waals surface area contributed by atoms with Gasteiger partial charge in [-0.25, -0.2) is 4.98 Å². The van der Waals surface area contributed by atoms with Crippen LogP contribution in [0.1, 0.15) is 39.3 Å². The largest absolute Gasteiger partial charge is 0.310 e. The molecule has 0 aromatic carbocycles. The molecule has 0 fully saturated rings. The number of aryl methyl sites for hydroxylation is 1. The molecule has 1 amide bonds. The van der Waals surface area contributed by atoms with Gasteiger partial charge in [0.1, 0.15) is 11.5 Å². The van der Waals surface area contributed by atoms with Gasteiger partial charge in [0.25, 0.3) is 5.56 Å². The number of H-pyrrole nitrogens is 1. The lowest BCUT2D eigenvalue weighted by Gasteiger charge is -2.13.